The fourth-order valence-corrected chi connectivity index (χ4v) is 3.63. The van der Waals surface area contributed by atoms with E-state index in [0.29, 0.717) is 17.1 Å². The summed E-state index contributed by atoms with van der Waals surface area (Å²) < 4.78 is 4.94. The predicted octanol–water partition coefficient (Wildman–Crippen LogP) is 2.17. The maximum Gasteiger partial charge on any atom is 0.350 e. The van der Waals surface area contributed by atoms with Crippen LogP contribution in [0.1, 0.15) is 20.8 Å². The number of carbonyl (C=O) groups is 3. The van der Waals surface area contributed by atoms with Crippen molar-refractivity contribution in [1.29, 1.82) is 0 Å². The third kappa shape index (κ3) is 6.17. The molecule has 0 fully saturated rings. The number of hydrogen-bond donors (Lipinski definition) is 2. The zero-order chi connectivity index (χ0) is 20.7. The second kappa shape index (κ2) is 9.48. The number of quaternary nitrogens is 1. The number of rotatable bonds is 8. The lowest BCUT2D eigenvalue weighted by atomic mass is 10.2. The van der Waals surface area contributed by atoms with E-state index in [-0.39, 0.29) is 29.4 Å². The fourth-order valence-electron chi connectivity index (χ4n) is 2.71. The molecule has 1 aromatic carbocycles. The first kappa shape index (κ1) is 21.6. The summed E-state index contributed by atoms with van der Waals surface area (Å²) in [7, 11) is 4.92. The van der Waals surface area contributed by atoms with Crippen molar-refractivity contribution in [3.05, 3.63) is 51.7 Å². The van der Waals surface area contributed by atoms with Crippen LogP contribution >= 0.6 is 11.3 Å². The van der Waals surface area contributed by atoms with Crippen molar-refractivity contribution < 1.29 is 23.6 Å². The highest BCUT2D eigenvalue weighted by Crippen LogP contribution is 2.28. The first-order valence-corrected chi connectivity index (χ1v) is 9.68. The van der Waals surface area contributed by atoms with Crippen LogP contribution in [0.3, 0.4) is 0 Å². The Bertz CT molecular complexity index is 846. The number of esters is 1. The van der Waals surface area contributed by atoms with Gasteiger partial charge >= 0.3 is 5.97 Å². The Morgan fingerprint density at radius 2 is 1.71 bits per heavy atom. The smallest absolute Gasteiger partial charge is 0.350 e. The molecule has 0 unspecified atom stereocenters. The third-order valence-electron chi connectivity index (χ3n) is 4.09. The first-order valence-electron chi connectivity index (χ1n) is 8.81. The quantitative estimate of drug-likeness (QED) is 0.522. The summed E-state index contributed by atoms with van der Waals surface area (Å²) in [5, 5.41) is 7.44. The minimum absolute atomic E-state index is 0.0919. The minimum Gasteiger partial charge on any atom is -0.465 e. The lowest BCUT2D eigenvalue weighted by Crippen LogP contribution is -2.51. The highest BCUT2D eigenvalue weighted by atomic mass is 32.1. The van der Waals surface area contributed by atoms with Crippen molar-refractivity contribution in [2.75, 3.05) is 39.6 Å². The molecule has 0 saturated heterocycles. The summed E-state index contributed by atoms with van der Waals surface area (Å²) in [5.41, 5.74) is 2.28. The minimum atomic E-state index is -0.484. The van der Waals surface area contributed by atoms with Crippen molar-refractivity contribution in [3.8, 4) is 0 Å². The first-order chi connectivity index (χ1) is 13.2. The maximum atomic E-state index is 12.5. The Morgan fingerprint density at radius 1 is 1.07 bits per heavy atom. The van der Waals surface area contributed by atoms with Crippen LogP contribution in [0.2, 0.25) is 0 Å². The third-order valence-corrected chi connectivity index (χ3v) is 5.16. The van der Waals surface area contributed by atoms with Crippen molar-refractivity contribution in [1.82, 2.24) is 5.32 Å². The van der Waals surface area contributed by atoms with Crippen LogP contribution < -0.4 is 10.6 Å². The molecule has 0 saturated carbocycles. The average molecular weight is 405 g/mol. The number of methoxy groups -OCH3 is 1. The van der Waals surface area contributed by atoms with Gasteiger partial charge in [0.1, 0.15) is 4.88 Å². The van der Waals surface area contributed by atoms with E-state index >= 15 is 0 Å². The maximum absolute atomic E-state index is 12.5. The van der Waals surface area contributed by atoms with Gasteiger partial charge in [-0.05, 0) is 23.4 Å². The molecular formula is C20H26N3O4S+. The van der Waals surface area contributed by atoms with Gasteiger partial charge in [0, 0.05) is 6.54 Å². The van der Waals surface area contributed by atoms with E-state index in [2.05, 4.69) is 10.6 Å². The van der Waals surface area contributed by atoms with E-state index in [1.807, 2.05) is 51.4 Å². The van der Waals surface area contributed by atoms with Gasteiger partial charge < -0.3 is 19.9 Å². The number of anilines is 1. The molecule has 8 heteroatoms. The molecule has 0 bridgehead atoms. The lowest BCUT2D eigenvalue weighted by Gasteiger charge is -2.28. The van der Waals surface area contributed by atoms with Gasteiger partial charge in [0.2, 0.25) is 0 Å². The molecule has 150 valence electrons. The number of nitrogens with zero attached hydrogens (tertiary/aromatic N) is 1. The van der Waals surface area contributed by atoms with Crippen molar-refractivity contribution in [2.24, 2.45) is 0 Å². The Hall–Kier alpha value is -2.71. The molecule has 0 spiro atoms. The SMILES string of the molecule is COC(=O)c1scc(C)c1NC(=O)C[N+](C)(C)CC(=O)NCc1ccccc1. The van der Waals surface area contributed by atoms with Gasteiger partial charge in [-0.15, -0.1) is 11.3 Å². The Labute approximate surface area is 168 Å². The Kier molecular flexibility index (Phi) is 7.31. The summed E-state index contributed by atoms with van der Waals surface area (Å²) in [6, 6.07) is 9.64. The van der Waals surface area contributed by atoms with Gasteiger partial charge in [0.05, 0.1) is 26.9 Å². The summed E-state index contributed by atoms with van der Waals surface area (Å²) in [6.07, 6.45) is 0. The van der Waals surface area contributed by atoms with Crippen LogP contribution in [-0.4, -0.2) is 56.6 Å². The molecule has 1 aromatic heterocycles. The number of ether oxygens (including phenoxy) is 1. The molecule has 2 rings (SSSR count). The van der Waals surface area contributed by atoms with E-state index in [1.54, 1.807) is 5.38 Å². The van der Waals surface area contributed by atoms with Crippen LogP contribution in [0.25, 0.3) is 0 Å². The van der Waals surface area contributed by atoms with Crippen LogP contribution in [0.15, 0.2) is 35.7 Å². The molecule has 2 amide bonds. The molecule has 0 atom stereocenters. The van der Waals surface area contributed by atoms with E-state index in [9.17, 15) is 14.4 Å². The topological polar surface area (TPSA) is 84.5 Å². The molecule has 0 aliphatic heterocycles. The molecule has 28 heavy (non-hydrogen) atoms. The molecular weight excluding hydrogens is 378 g/mol. The highest BCUT2D eigenvalue weighted by molar-refractivity contribution is 7.12. The zero-order valence-corrected chi connectivity index (χ0v) is 17.4. The number of likely N-dealkylation sites (N-methyl/N-ethyl adjacent to an activating group) is 1. The van der Waals surface area contributed by atoms with Crippen LogP contribution in [0, 0.1) is 6.92 Å². The van der Waals surface area contributed by atoms with Gasteiger partial charge in [-0.25, -0.2) is 4.79 Å². The highest BCUT2D eigenvalue weighted by Gasteiger charge is 2.26. The lowest BCUT2D eigenvalue weighted by molar-refractivity contribution is -0.874. The monoisotopic (exact) mass is 404 g/mol. The summed E-state index contributed by atoms with van der Waals surface area (Å²) >= 11 is 1.23. The van der Waals surface area contributed by atoms with E-state index in [1.165, 1.54) is 18.4 Å². The van der Waals surface area contributed by atoms with Gasteiger partial charge in [-0.3, -0.25) is 9.59 Å². The molecule has 2 aromatic rings. The number of carbonyl (C=O) groups excluding carboxylic acids is 3. The molecule has 0 aliphatic carbocycles. The van der Waals surface area contributed by atoms with Crippen molar-refractivity contribution in [3.63, 3.8) is 0 Å². The molecule has 7 nitrogen and oxygen atoms in total. The molecule has 1 heterocycles. The average Bonchev–Trinajstić information content (AvgIpc) is 2.99. The number of aryl methyl sites for hydroxylation is 1. The fraction of sp³-hybridized carbons (Fsp3) is 0.350. The van der Waals surface area contributed by atoms with Gasteiger partial charge in [-0.2, -0.15) is 0 Å². The van der Waals surface area contributed by atoms with E-state index < -0.39 is 5.97 Å². The van der Waals surface area contributed by atoms with Crippen LogP contribution in [0.4, 0.5) is 5.69 Å². The number of hydrogen-bond acceptors (Lipinski definition) is 5. The number of nitrogens with one attached hydrogen (secondary N) is 2. The van der Waals surface area contributed by atoms with E-state index in [0.717, 1.165) is 11.1 Å². The van der Waals surface area contributed by atoms with Crippen molar-refractivity contribution in [2.45, 2.75) is 13.5 Å². The van der Waals surface area contributed by atoms with Crippen molar-refractivity contribution >= 4 is 34.8 Å². The molecule has 0 aliphatic rings. The van der Waals surface area contributed by atoms with Gasteiger partial charge in [0.25, 0.3) is 11.8 Å². The largest absolute Gasteiger partial charge is 0.465 e. The summed E-state index contributed by atoms with van der Waals surface area (Å²) in [5.74, 6) is -0.890. The van der Waals surface area contributed by atoms with E-state index in [4.69, 9.17) is 4.74 Å². The molecule has 2 N–H and O–H groups in total. The van der Waals surface area contributed by atoms with Gasteiger partial charge in [0.15, 0.2) is 13.1 Å². The zero-order valence-electron chi connectivity index (χ0n) is 16.6. The van der Waals surface area contributed by atoms with Crippen LogP contribution in [0.5, 0.6) is 0 Å². The Morgan fingerprint density at radius 3 is 2.36 bits per heavy atom. The number of benzene rings is 1. The normalized spacial score (nSPS) is 11.0. The van der Waals surface area contributed by atoms with Crippen LogP contribution in [-0.2, 0) is 20.9 Å². The number of thiophene rings is 1. The second-order valence-corrected chi connectivity index (χ2v) is 8.06. The molecule has 0 radical (unpaired) electrons. The standard InChI is InChI=1S/C20H25N3O4S/c1-14-13-28-19(20(26)27-4)18(14)22-17(25)12-23(2,3)11-16(24)21-10-15-8-6-5-7-9-15/h5-9,13H,10-12H2,1-4H3,(H-,21,22,24,25,26)/p+1. The summed E-state index contributed by atoms with van der Waals surface area (Å²) in [4.78, 5) is 36.9. The predicted molar refractivity (Wildman–Crippen MR) is 109 cm³/mol. The summed E-state index contributed by atoms with van der Waals surface area (Å²) in [6.45, 7) is 2.51. The van der Waals surface area contributed by atoms with Gasteiger partial charge in [-0.1, -0.05) is 30.3 Å². The number of amides is 2. The Balaban J connectivity index is 1.91. The second-order valence-electron chi connectivity index (χ2n) is 7.18.